The van der Waals surface area contributed by atoms with Gasteiger partial charge in [0, 0.05) is 10.9 Å². The highest BCUT2D eigenvalue weighted by Gasteiger charge is 2.33. The van der Waals surface area contributed by atoms with Gasteiger partial charge in [0.1, 0.15) is 5.69 Å². The van der Waals surface area contributed by atoms with E-state index in [2.05, 4.69) is 17.2 Å². The van der Waals surface area contributed by atoms with Crippen LogP contribution in [0, 0.1) is 0 Å². The first kappa shape index (κ1) is 9.93. The molecule has 1 aromatic rings. The van der Waals surface area contributed by atoms with Crippen LogP contribution in [0.2, 0.25) is 4.47 Å². The van der Waals surface area contributed by atoms with Gasteiger partial charge >= 0.3 is 0 Å². The van der Waals surface area contributed by atoms with Crippen molar-refractivity contribution in [2.24, 2.45) is 0 Å². The summed E-state index contributed by atoms with van der Waals surface area (Å²) in [6.07, 6.45) is 3.29. The summed E-state index contributed by atoms with van der Waals surface area (Å²) in [7, 11) is 0. The number of rotatable bonds is 2. The maximum Gasteiger partial charge on any atom is 0.271 e. The van der Waals surface area contributed by atoms with Crippen molar-refractivity contribution < 1.29 is 4.79 Å². The Morgan fingerprint density at radius 2 is 2.43 bits per heavy atom. The summed E-state index contributed by atoms with van der Waals surface area (Å²) in [5.41, 5.74) is 0.404. The van der Waals surface area contributed by atoms with Gasteiger partial charge in [-0.2, -0.15) is 0 Å². The molecule has 0 bridgehead atoms. The van der Waals surface area contributed by atoms with Crippen molar-refractivity contribution in [2.75, 3.05) is 0 Å². The Morgan fingerprint density at radius 1 is 1.71 bits per heavy atom. The molecule has 5 heteroatoms. The predicted molar refractivity (Wildman–Crippen MR) is 56.8 cm³/mol. The van der Waals surface area contributed by atoms with E-state index >= 15 is 0 Å². The number of nitrogens with one attached hydrogen (secondary N) is 1. The molecule has 1 aliphatic carbocycles. The smallest absolute Gasteiger partial charge is 0.271 e. The molecule has 0 unspecified atom stereocenters. The lowest BCUT2D eigenvalue weighted by molar-refractivity contribution is 0.0846. The van der Waals surface area contributed by atoms with Crippen LogP contribution in [0.1, 0.15) is 36.7 Å². The van der Waals surface area contributed by atoms with Gasteiger partial charge in [-0.15, -0.1) is 11.3 Å². The van der Waals surface area contributed by atoms with Crippen molar-refractivity contribution in [3.8, 4) is 0 Å². The van der Waals surface area contributed by atoms with Gasteiger partial charge in [0.25, 0.3) is 5.91 Å². The van der Waals surface area contributed by atoms with Crippen LogP contribution in [-0.4, -0.2) is 16.4 Å². The van der Waals surface area contributed by atoms with Crippen LogP contribution >= 0.6 is 22.9 Å². The van der Waals surface area contributed by atoms with E-state index in [4.69, 9.17) is 11.6 Å². The number of hydrogen-bond donors (Lipinski definition) is 1. The highest BCUT2D eigenvalue weighted by molar-refractivity contribution is 7.14. The standard InChI is InChI=1S/C9H11ClN2OS/c1-9(3-2-4-9)12-7(13)6-5-14-8(10)11-6/h5H,2-4H2,1H3,(H,12,13). The summed E-state index contributed by atoms with van der Waals surface area (Å²) in [6, 6.07) is 0. The number of hydrogen-bond acceptors (Lipinski definition) is 3. The molecule has 1 aliphatic rings. The molecule has 3 nitrogen and oxygen atoms in total. The van der Waals surface area contributed by atoms with E-state index in [9.17, 15) is 4.79 Å². The van der Waals surface area contributed by atoms with Crippen LogP contribution in [-0.2, 0) is 0 Å². The predicted octanol–water partition coefficient (Wildman–Crippen LogP) is 2.47. The number of carbonyl (C=O) groups is 1. The zero-order valence-corrected chi connectivity index (χ0v) is 9.41. The number of nitrogens with zero attached hydrogens (tertiary/aromatic N) is 1. The molecule has 0 atom stereocenters. The second-order valence-corrected chi connectivity index (χ2v) is 5.29. The molecule has 14 heavy (non-hydrogen) atoms. The molecular weight excluding hydrogens is 220 g/mol. The second kappa shape index (κ2) is 3.51. The summed E-state index contributed by atoms with van der Waals surface area (Å²) >= 11 is 6.93. The lowest BCUT2D eigenvalue weighted by atomic mass is 9.78. The van der Waals surface area contributed by atoms with Crippen molar-refractivity contribution in [1.29, 1.82) is 0 Å². The normalized spacial score (nSPS) is 18.7. The molecule has 1 heterocycles. The minimum Gasteiger partial charge on any atom is -0.346 e. The Hall–Kier alpha value is -0.610. The quantitative estimate of drug-likeness (QED) is 0.848. The van der Waals surface area contributed by atoms with E-state index in [1.54, 1.807) is 5.38 Å². The van der Waals surface area contributed by atoms with Gasteiger partial charge in [-0.1, -0.05) is 11.6 Å². The first-order valence-electron chi connectivity index (χ1n) is 4.53. The Kier molecular flexibility index (Phi) is 2.49. The maximum atomic E-state index is 11.6. The fourth-order valence-corrected chi connectivity index (χ4v) is 2.27. The number of thiazole rings is 1. The van der Waals surface area contributed by atoms with E-state index < -0.39 is 0 Å². The molecule has 1 amide bonds. The summed E-state index contributed by atoms with van der Waals surface area (Å²) in [4.78, 5) is 15.6. The monoisotopic (exact) mass is 230 g/mol. The first-order chi connectivity index (χ1) is 6.59. The van der Waals surface area contributed by atoms with Gasteiger partial charge in [-0.05, 0) is 26.2 Å². The third-order valence-electron chi connectivity index (χ3n) is 2.58. The van der Waals surface area contributed by atoms with E-state index in [0.29, 0.717) is 10.2 Å². The van der Waals surface area contributed by atoms with Crippen molar-refractivity contribution in [3.05, 3.63) is 15.5 Å². The van der Waals surface area contributed by atoms with Crippen molar-refractivity contribution in [1.82, 2.24) is 10.3 Å². The summed E-state index contributed by atoms with van der Waals surface area (Å²) in [5.74, 6) is -0.115. The summed E-state index contributed by atoms with van der Waals surface area (Å²) in [6.45, 7) is 2.06. The molecule has 76 valence electrons. The van der Waals surface area contributed by atoms with Gasteiger partial charge in [0.2, 0.25) is 0 Å². The van der Waals surface area contributed by atoms with Gasteiger partial charge in [0.15, 0.2) is 4.47 Å². The van der Waals surface area contributed by atoms with Gasteiger partial charge in [-0.25, -0.2) is 4.98 Å². The van der Waals surface area contributed by atoms with Crippen LogP contribution in [0.25, 0.3) is 0 Å². The van der Waals surface area contributed by atoms with Gasteiger partial charge in [0.05, 0.1) is 0 Å². The number of aromatic nitrogens is 1. The molecular formula is C9H11ClN2OS. The zero-order chi connectivity index (χ0) is 10.2. The van der Waals surface area contributed by atoms with Gasteiger partial charge in [-0.3, -0.25) is 4.79 Å². The Balaban J connectivity index is 2.02. The number of halogens is 1. The topological polar surface area (TPSA) is 42.0 Å². The molecule has 1 aromatic heterocycles. The lowest BCUT2D eigenvalue weighted by Gasteiger charge is -2.38. The fraction of sp³-hybridized carbons (Fsp3) is 0.556. The SMILES string of the molecule is CC1(NC(=O)c2csc(Cl)n2)CCC1. The van der Waals surface area contributed by atoms with Gasteiger partial charge < -0.3 is 5.32 Å². The van der Waals surface area contributed by atoms with Crippen LogP contribution in [0.4, 0.5) is 0 Å². The highest BCUT2D eigenvalue weighted by Crippen LogP contribution is 2.31. The maximum absolute atomic E-state index is 11.6. The molecule has 1 fully saturated rings. The zero-order valence-electron chi connectivity index (χ0n) is 7.84. The Labute approximate surface area is 91.5 Å². The third kappa shape index (κ3) is 1.91. The van der Waals surface area contributed by atoms with Crippen molar-refractivity contribution in [3.63, 3.8) is 0 Å². The third-order valence-corrected chi connectivity index (χ3v) is 3.56. The molecule has 1 saturated carbocycles. The van der Waals surface area contributed by atoms with E-state index in [1.165, 1.54) is 17.8 Å². The van der Waals surface area contributed by atoms with Crippen molar-refractivity contribution >= 4 is 28.8 Å². The van der Waals surface area contributed by atoms with E-state index in [1.807, 2.05) is 0 Å². The van der Waals surface area contributed by atoms with Crippen LogP contribution < -0.4 is 5.32 Å². The molecule has 0 saturated heterocycles. The molecule has 0 spiro atoms. The minimum absolute atomic E-state index is 0.0207. The first-order valence-corrected chi connectivity index (χ1v) is 5.78. The average Bonchev–Trinajstić information content (AvgIpc) is 2.49. The number of carbonyl (C=O) groups excluding carboxylic acids is 1. The van der Waals surface area contributed by atoms with E-state index in [0.717, 1.165) is 12.8 Å². The summed E-state index contributed by atoms with van der Waals surface area (Å²) < 4.78 is 0.411. The van der Waals surface area contributed by atoms with Crippen LogP contribution in [0.5, 0.6) is 0 Å². The largest absolute Gasteiger partial charge is 0.346 e. The molecule has 0 radical (unpaired) electrons. The average molecular weight is 231 g/mol. The molecule has 1 N–H and O–H groups in total. The Bertz CT molecular complexity index is 359. The summed E-state index contributed by atoms with van der Waals surface area (Å²) in [5, 5.41) is 4.65. The minimum atomic E-state index is -0.115. The van der Waals surface area contributed by atoms with Crippen molar-refractivity contribution in [2.45, 2.75) is 31.7 Å². The van der Waals surface area contributed by atoms with E-state index in [-0.39, 0.29) is 11.4 Å². The Morgan fingerprint density at radius 3 is 2.86 bits per heavy atom. The molecule has 2 rings (SSSR count). The lowest BCUT2D eigenvalue weighted by Crippen LogP contribution is -2.51. The second-order valence-electron chi connectivity index (χ2n) is 3.85. The van der Waals surface area contributed by atoms with Crippen LogP contribution in [0.3, 0.4) is 0 Å². The highest BCUT2D eigenvalue weighted by atomic mass is 35.5. The molecule has 0 aliphatic heterocycles. The van der Waals surface area contributed by atoms with Crippen LogP contribution in [0.15, 0.2) is 5.38 Å². The number of amides is 1. The molecule has 0 aromatic carbocycles. The fourth-order valence-electron chi connectivity index (χ4n) is 1.53.